The zero-order valence-electron chi connectivity index (χ0n) is 20.2. The number of aromatic nitrogens is 2. The highest BCUT2D eigenvalue weighted by Crippen LogP contribution is 2.25. The molecular formula is C27H27N5O4S. The summed E-state index contributed by atoms with van der Waals surface area (Å²) in [6, 6.07) is 25.0. The van der Waals surface area contributed by atoms with Crippen LogP contribution < -0.4 is 14.9 Å². The molecule has 0 saturated heterocycles. The molecule has 0 bridgehead atoms. The molecule has 37 heavy (non-hydrogen) atoms. The number of benzene rings is 3. The van der Waals surface area contributed by atoms with E-state index >= 15 is 0 Å². The number of hydrogen-bond donors (Lipinski definition) is 2. The summed E-state index contributed by atoms with van der Waals surface area (Å²) in [7, 11) is -3.80. The summed E-state index contributed by atoms with van der Waals surface area (Å²) in [4.78, 5) is 12.3. The fourth-order valence-corrected chi connectivity index (χ4v) is 4.41. The van der Waals surface area contributed by atoms with Gasteiger partial charge in [-0.15, -0.1) is 0 Å². The Hall–Kier alpha value is -4.28. The van der Waals surface area contributed by atoms with Crippen LogP contribution in [0.25, 0.3) is 16.9 Å². The van der Waals surface area contributed by atoms with Crippen LogP contribution in [0.2, 0.25) is 0 Å². The fraction of sp³-hybridized carbons (Fsp3) is 0.148. The summed E-state index contributed by atoms with van der Waals surface area (Å²) in [5.41, 5.74) is 5.40. The first kappa shape index (κ1) is 25.8. The van der Waals surface area contributed by atoms with Crippen LogP contribution in [0.3, 0.4) is 0 Å². The van der Waals surface area contributed by atoms with E-state index in [4.69, 9.17) is 9.84 Å². The molecule has 1 amide bonds. The maximum absolute atomic E-state index is 12.3. The molecule has 4 rings (SSSR count). The molecule has 190 valence electrons. The SMILES string of the molecule is CCCOc1ccc(-c2nn(-c3ccccc3)cc2/C=N\NC(=O)CNS(=O)(=O)c2ccccc2)cc1. The van der Waals surface area contributed by atoms with Gasteiger partial charge in [0.25, 0.3) is 5.91 Å². The Labute approximate surface area is 215 Å². The monoisotopic (exact) mass is 517 g/mol. The standard InChI is InChI=1S/C27H27N5O4S/c1-2-17-36-24-15-13-21(14-16-24)27-22(20-32(31-27)23-9-5-3-6-10-23)18-28-30-26(33)19-29-37(34,35)25-11-7-4-8-12-25/h3-16,18,20,29H,2,17,19H2,1H3,(H,30,33)/b28-18-. The van der Waals surface area contributed by atoms with Crippen molar-refractivity contribution in [3.63, 3.8) is 0 Å². The molecule has 1 aromatic heterocycles. The minimum atomic E-state index is -3.80. The zero-order valence-corrected chi connectivity index (χ0v) is 21.1. The predicted molar refractivity (Wildman–Crippen MR) is 142 cm³/mol. The van der Waals surface area contributed by atoms with Crippen molar-refractivity contribution in [1.82, 2.24) is 19.9 Å². The maximum Gasteiger partial charge on any atom is 0.255 e. The molecular weight excluding hydrogens is 490 g/mol. The van der Waals surface area contributed by atoms with Crippen LogP contribution in [0, 0.1) is 0 Å². The van der Waals surface area contributed by atoms with Crippen LogP contribution >= 0.6 is 0 Å². The lowest BCUT2D eigenvalue weighted by molar-refractivity contribution is -0.119. The van der Waals surface area contributed by atoms with Gasteiger partial charge in [0.15, 0.2) is 0 Å². The molecule has 2 N–H and O–H groups in total. The van der Waals surface area contributed by atoms with Gasteiger partial charge in [-0.25, -0.2) is 23.2 Å². The molecule has 0 radical (unpaired) electrons. The van der Waals surface area contributed by atoms with Crippen LogP contribution in [0.5, 0.6) is 5.75 Å². The molecule has 0 aliphatic carbocycles. The molecule has 0 unspecified atom stereocenters. The summed E-state index contributed by atoms with van der Waals surface area (Å²) in [6.45, 7) is 2.23. The quantitative estimate of drug-likeness (QED) is 0.232. The number of hydrazone groups is 1. The van der Waals surface area contributed by atoms with Crippen molar-refractivity contribution in [1.29, 1.82) is 0 Å². The maximum atomic E-state index is 12.3. The Morgan fingerprint density at radius 3 is 2.35 bits per heavy atom. The van der Waals surface area contributed by atoms with Gasteiger partial charge in [-0.1, -0.05) is 43.3 Å². The topological polar surface area (TPSA) is 115 Å². The van der Waals surface area contributed by atoms with Crippen molar-refractivity contribution in [2.24, 2.45) is 5.10 Å². The van der Waals surface area contributed by atoms with Gasteiger partial charge in [0, 0.05) is 17.3 Å². The van der Waals surface area contributed by atoms with E-state index in [0.717, 1.165) is 23.4 Å². The number of amides is 1. The highest BCUT2D eigenvalue weighted by atomic mass is 32.2. The van der Waals surface area contributed by atoms with E-state index < -0.39 is 22.5 Å². The van der Waals surface area contributed by atoms with Gasteiger partial charge in [-0.05, 0) is 55.0 Å². The average molecular weight is 518 g/mol. The van der Waals surface area contributed by atoms with Gasteiger partial charge in [-0.2, -0.15) is 10.2 Å². The van der Waals surface area contributed by atoms with E-state index in [-0.39, 0.29) is 4.90 Å². The minimum Gasteiger partial charge on any atom is -0.494 e. The molecule has 1 heterocycles. The lowest BCUT2D eigenvalue weighted by Gasteiger charge is -2.06. The first-order chi connectivity index (χ1) is 18.0. The van der Waals surface area contributed by atoms with Crippen molar-refractivity contribution in [2.75, 3.05) is 13.2 Å². The number of hydrogen-bond acceptors (Lipinski definition) is 6. The summed E-state index contributed by atoms with van der Waals surface area (Å²) in [5, 5.41) is 8.75. The molecule has 4 aromatic rings. The molecule has 0 fully saturated rings. The van der Waals surface area contributed by atoms with E-state index in [1.807, 2.05) is 61.5 Å². The van der Waals surface area contributed by atoms with Crippen LogP contribution in [-0.2, 0) is 14.8 Å². The number of carbonyl (C=O) groups is 1. The first-order valence-corrected chi connectivity index (χ1v) is 13.2. The second-order valence-corrected chi connectivity index (χ2v) is 9.78. The van der Waals surface area contributed by atoms with Gasteiger partial charge in [0.05, 0.1) is 29.9 Å². The highest BCUT2D eigenvalue weighted by molar-refractivity contribution is 7.89. The molecule has 0 atom stereocenters. The van der Waals surface area contributed by atoms with Gasteiger partial charge < -0.3 is 4.74 Å². The van der Waals surface area contributed by atoms with Gasteiger partial charge in [0.1, 0.15) is 11.4 Å². The molecule has 0 spiro atoms. The summed E-state index contributed by atoms with van der Waals surface area (Å²) in [6.07, 6.45) is 4.20. The van der Waals surface area contributed by atoms with Crippen LogP contribution in [-0.4, -0.2) is 43.5 Å². The van der Waals surface area contributed by atoms with Crippen molar-refractivity contribution >= 4 is 22.1 Å². The first-order valence-electron chi connectivity index (χ1n) is 11.7. The van der Waals surface area contributed by atoms with E-state index in [9.17, 15) is 13.2 Å². The number of sulfonamides is 1. The average Bonchev–Trinajstić information content (AvgIpc) is 3.36. The highest BCUT2D eigenvalue weighted by Gasteiger charge is 2.15. The number of nitrogens with zero attached hydrogens (tertiary/aromatic N) is 3. The molecule has 0 aliphatic rings. The zero-order chi connectivity index (χ0) is 26.1. The normalized spacial score (nSPS) is 11.5. The van der Waals surface area contributed by atoms with E-state index in [0.29, 0.717) is 17.9 Å². The van der Waals surface area contributed by atoms with Gasteiger partial charge >= 0.3 is 0 Å². The second kappa shape index (κ2) is 12.1. The smallest absolute Gasteiger partial charge is 0.255 e. The predicted octanol–water partition coefficient (Wildman–Crippen LogP) is 3.76. The van der Waals surface area contributed by atoms with Gasteiger partial charge in [0.2, 0.25) is 10.0 Å². The number of rotatable bonds is 11. The fourth-order valence-electron chi connectivity index (χ4n) is 3.40. The van der Waals surface area contributed by atoms with Gasteiger partial charge in [-0.3, -0.25) is 4.79 Å². The van der Waals surface area contributed by atoms with Crippen molar-refractivity contribution < 1.29 is 17.9 Å². The molecule has 9 nitrogen and oxygen atoms in total. The Morgan fingerprint density at radius 1 is 1.00 bits per heavy atom. The van der Waals surface area contributed by atoms with Crippen molar-refractivity contribution in [2.45, 2.75) is 18.2 Å². The number of nitrogens with one attached hydrogen (secondary N) is 2. The number of para-hydroxylation sites is 1. The molecule has 0 aliphatic heterocycles. The number of carbonyl (C=O) groups excluding carboxylic acids is 1. The lowest BCUT2D eigenvalue weighted by Crippen LogP contribution is -2.34. The number of ether oxygens (including phenoxy) is 1. The van der Waals surface area contributed by atoms with Crippen molar-refractivity contribution in [3.05, 3.63) is 96.7 Å². The Bertz CT molecular complexity index is 1450. The summed E-state index contributed by atoms with van der Waals surface area (Å²) < 4.78 is 34.3. The summed E-state index contributed by atoms with van der Waals surface area (Å²) in [5.74, 6) is 0.165. The van der Waals surface area contributed by atoms with Crippen LogP contribution in [0.4, 0.5) is 0 Å². The largest absolute Gasteiger partial charge is 0.494 e. The van der Waals surface area contributed by atoms with Crippen LogP contribution in [0.1, 0.15) is 18.9 Å². The van der Waals surface area contributed by atoms with Crippen molar-refractivity contribution in [3.8, 4) is 22.7 Å². The lowest BCUT2D eigenvalue weighted by atomic mass is 10.1. The Kier molecular flexibility index (Phi) is 8.44. The molecule has 3 aromatic carbocycles. The minimum absolute atomic E-state index is 0.0791. The molecule has 0 saturated carbocycles. The second-order valence-electron chi connectivity index (χ2n) is 8.02. The molecule has 10 heteroatoms. The Morgan fingerprint density at radius 2 is 1.68 bits per heavy atom. The third kappa shape index (κ3) is 6.90. The van der Waals surface area contributed by atoms with E-state index in [1.54, 1.807) is 29.1 Å². The van der Waals surface area contributed by atoms with E-state index in [1.165, 1.54) is 18.3 Å². The third-order valence-electron chi connectivity index (χ3n) is 5.23. The Balaban J connectivity index is 1.49. The third-order valence-corrected chi connectivity index (χ3v) is 6.65. The van der Waals surface area contributed by atoms with Crippen LogP contribution in [0.15, 0.2) is 101 Å². The summed E-state index contributed by atoms with van der Waals surface area (Å²) >= 11 is 0. The van der Waals surface area contributed by atoms with E-state index in [2.05, 4.69) is 15.2 Å².